The third-order valence-electron chi connectivity index (χ3n) is 4.11. The van der Waals surface area contributed by atoms with Gasteiger partial charge in [0.15, 0.2) is 5.11 Å². The van der Waals surface area contributed by atoms with Gasteiger partial charge in [0.2, 0.25) is 0 Å². The van der Waals surface area contributed by atoms with E-state index in [-0.39, 0.29) is 11.4 Å². The van der Waals surface area contributed by atoms with E-state index in [0.717, 1.165) is 11.3 Å². The first-order valence-corrected chi connectivity index (χ1v) is 9.37. The second kappa shape index (κ2) is 9.75. The molecule has 0 spiro atoms. The third kappa shape index (κ3) is 6.08. The third-order valence-corrected chi connectivity index (χ3v) is 4.35. The molecule has 0 aliphatic heterocycles. The number of benzene rings is 3. The highest BCUT2D eigenvalue weighted by atomic mass is 32.1. The van der Waals surface area contributed by atoms with Gasteiger partial charge in [0.1, 0.15) is 11.6 Å². The minimum absolute atomic E-state index is 0.0154. The number of thiocarbonyl (C=S) groups is 1. The molecule has 0 atom stereocenters. The summed E-state index contributed by atoms with van der Waals surface area (Å²) in [4.78, 5) is 12.1. The Balaban J connectivity index is 1.48. The van der Waals surface area contributed by atoms with Crippen LogP contribution in [0.2, 0.25) is 0 Å². The van der Waals surface area contributed by atoms with Crippen molar-refractivity contribution >= 4 is 34.6 Å². The van der Waals surface area contributed by atoms with E-state index in [4.69, 9.17) is 12.2 Å². The van der Waals surface area contributed by atoms with Crippen LogP contribution < -0.4 is 16.0 Å². The van der Waals surface area contributed by atoms with Crippen molar-refractivity contribution in [3.63, 3.8) is 0 Å². The molecule has 3 rings (SSSR count). The molecule has 148 valence electrons. The van der Waals surface area contributed by atoms with Crippen LogP contribution in [0.3, 0.4) is 0 Å². The van der Waals surface area contributed by atoms with Crippen molar-refractivity contribution < 1.29 is 13.6 Å². The number of carbonyl (C=O) groups excluding carboxylic acids is 1. The molecule has 0 heterocycles. The van der Waals surface area contributed by atoms with Crippen molar-refractivity contribution in [1.82, 2.24) is 5.32 Å². The Morgan fingerprint density at radius 2 is 1.55 bits per heavy atom. The van der Waals surface area contributed by atoms with Crippen molar-refractivity contribution in [2.24, 2.45) is 0 Å². The van der Waals surface area contributed by atoms with Crippen LogP contribution in [0.15, 0.2) is 72.8 Å². The van der Waals surface area contributed by atoms with E-state index >= 15 is 0 Å². The van der Waals surface area contributed by atoms with Gasteiger partial charge in [-0.3, -0.25) is 4.79 Å². The fourth-order valence-corrected chi connectivity index (χ4v) is 2.89. The van der Waals surface area contributed by atoms with Crippen molar-refractivity contribution in [3.8, 4) is 0 Å². The predicted molar refractivity (Wildman–Crippen MR) is 115 cm³/mol. The maximum atomic E-state index is 13.7. The number of anilines is 2. The van der Waals surface area contributed by atoms with Gasteiger partial charge in [-0.25, -0.2) is 8.78 Å². The first kappa shape index (κ1) is 20.4. The molecule has 0 saturated heterocycles. The van der Waals surface area contributed by atoms with Gasteiger partial charge in [-0.1, -0.05) is 24.3 Å². The van der Waals surface area contributed by atoms with Gasteiger partial charge in [-0.05, 0) is 72.7 Å². The van der Waals surface area contributed by atoms with Crippen LogP contribution in [0, 0.1) is 11.6 Å². The molecule has 0 radical (unpaired) electrons. The summed E-state index contributed by atoms with van der Waals surface area (Å²) in [5.41, 5.74) is 2.14. The minimum atomic E-state index is -0.571. The quantitative estimate of drug-likeness (QED) is 0.513. The molecule has 0 unspecified atom stereocenters. The number of nitrogens with one attached hydrogen (secondary N) is 3. The van der Waals surface area contributed by atoms with Gasteiger partial charge < -0.3 is 16.0 Å². The highest BCUT2D eigenvalue weighted by Crippen LogP contribution is 2.15. The molecule has 29 heavy (non-hydrogen) atoms. The van der Waals surface area contributed by atoms with Crippen LogP contribution in [0.25, 0.3) is 0 Å². The van der Waals surface area contributed by atoms with E-state index in [9.17, 15) is 13.6 Å². The summed E-state index contributed by atoms with van der Waals surface area (Å²) in [7, 11) is 0. The van der Waals surface area contributed by atoms with Gasteiger partial charge in [0.05, 0.1) is 5.56 Å². The molecule has 0 fully saturated rings. The van der Waals surface area contributed by atoms with Crippen LogP contribution in [-0.4, -0.2) is 17.6 Å². The van der Waals surface area contributed by atoms with E-state index < -0.39 is 11.7 Å². The molecule has 3 N–H and O–H groups in total. The largest absolute Gasteiger partial charge is 0.362 e. The Morgan fingerprint density at radius 3 is 2.24 bits per heavy atom. The number of hydrogen-bond donors (Lipinski definition) is 3. The van der Waals surface area contributed by atoms with E-state index in [1.165, 1.54) is 30.3 Å². The summed E-state index contributed by atoms with van der Waals surface area (Å²) in [6, 6.07) is 19.1. The average Bonchev–Trinajstić information content (AvgIpc) is 2.70. The summed E-state index contributed by atoms with van der Waals surface area (Å²) >= 11 is 5.25. The summed E-state index contributed by atoms with van der Waals surface area (Å²) in [5, 5.41) is 9.18. The zero-order valence-corrected chi connectivity index (χ0v) is 16.2. The van der Waals surface area contributed by atoms with Gasteiger partial charge in [0, 0.05) is 17.9 Å². The van der Waals surface area contributed by atoms with Crippen LogP contribution in [0.5, 0.6) is 0 Å². The molecule has 3 aromatic carbocycles. The Labute approximate surface area is 173 Å². The highest BCUT2D eigenvalue weighted by Gasteiger charge is 2.10. The maximum absolute atomic E-state index is 13.7. The fourth-order valence-electron chi connectivity index (χ4n) is 2.67. The molecule has 0 saturated carbocycles. The Bertz CT molecular complexity index is 1010. The second-order valence-electron chi connectivity index (χ2n) is 6.27. The van der Waals surface area contributed by atoms with Crippen molar-refractivity contribution in [2.45, 2.75) is 6.42 Å². The zero-order chi connectivity index (χ0) is 20.6. The van der Waals surface area contributed by atoms with E-state index in [1.54, 1.807) is 36.4 Å². The smallest absolute Gasteiger partial charge is 0.258 e. The Morgan fingerprint density at radius 1 is 0.862 bits per heavy atom. The van der Waals surface area contributed by atoms with E-state index in [1.807, 2.05) is 6.07 Å². The van der Waals surface area contributed by atoms with Gasteiger partial charge in [-0.2, -0.15) is 0 Å². The first-order valence-electron chi connectivity index (χ1n) is 8.96. The number of carbonyl (C=O) groups is 1. The molecule has 7 heteroatoms. The lowest BCUT2D eigenvalue weighted by molar-refractivity contribution is 0.102. The summed E-state index contributed by atoms with van der Waals surface area (Å²) in [6.45, 7) is 0.562. The monoisotopic (exact) mass is 411 g/mol. The lowest BCUT2D eigenvalue weighted by Gasteiger charge is -2.11. The average molecular weight is 411 g/mol. The Hall–Kier alpha value is -3.32. The molecular weight excluding hydrogens is 392 g/mol. The molecule has 1 amide bonds. The van der Waals surface area contributed by atoms with Crippen LogP contribution >= 0.6 is 12.2 Å². The normalized spacial score (nSPS) is 10.3. The molecule has 0 aliphatic rings. The molecular formula is C22H19F2N3OS. The van der Waals surface area contributed by atoms with E-state index in [0.29, 0.717) is 23.8 Å². The first-order chi connectivity index (χ1) is 14.0. The number of amides is 1. The maximum Gasteiger partial charge on any atom is 0.258 e. The van der Waals surface area contributed by atoms with Gasteiger partial charge in [-0.15, -0.1) is 0 Å². The molecule has 0 bridgehead atoms. The predicted octanol–water partition coefficient (Wildman–Crippen LogP) is 4.75. The SMILES string of the molecule is O=C(Nc1ccc(NC(=S)NCCc2cccc(F)c2)cc1)c1ccccc1F. The Kier molecular flexibility index (Phi) is 6.86. The number of halogens is 2. The summed E-state index contributed by atoms with van der Waals surface area (Å²) in [5.74, 6) is -1.35. The fraction of sp³-hybridized carbons (Fsp3) is 0.0909. The molecule has 3 aromatic rings. The van der Waals surface area contributed by atoms with Gasteiger partial charge >= 0.3 is 0 Å². The minimum Gasteiger partial charge on any atom is -0.362 e. The summed E-state index contributed by atoms with van der Waals surface area (Å²) < 4.78 is 26.8. The summed E-state index contributed by atoms with van der Waals surface area (Å²) in [6.07, 6.45) is 0.639. The van der Waals surface area contributed by atoms with Crippen LogP contribution in [-0.2, 0) is 6.42 Å². The van der Waals surface area contributed by atoms with Crippen LogP contribution in [0.4, 0.5) is 20.2 Å². The van der Waals surface area contributed by atoms with Crippen molar-refractivity contribution in [2.75, 3.05) is 17.2 Å². The standard InChI is InChI=1S/C22H19F2N3OS/c23-16-5-3-4-15(14-16)12-13-25-22(29)27-18-10-8-17(9-11-18)26-21(28)19-6-1-2-7-20(19)24/h1-11,14H,12-13H2,(H,26,28)(H2,25,27,29). The van der Waals surface area contributed by atoms with Crippen molar-refractivity contribution in [3.05, 3.63) is 95.6 Å². The number of hydrogen-bond acceptors (Lipinski definition) is 2. The molecule has 0 aliphatic carbocycles. The zero-order valence-electron chi connectivity index (χ0n) is 15.4. The van der Waals surface area contributed by atoms with Gasteiger partial charge in [0.25, 0.3) is 5.91 Å². The lowest BCUT2D eigenvalue weighted by atomic mass is 10.1. The second-order valence-corrected chi connectivity index (χ2v) is 6.68. The van der Waals surface area contributed by atoms with E-state index in [2.05, 4.69) is 16.0 Å². The van der Waals surface area contributed by atoms with Crippen molar-refractivity contribution in [1.29, 1.82) is 0 Å². The molecule has 0 aromatic heterocycles. The highest BCUT2D eigenvalue weighted by molar-refractivity contribution is 7.80. The molecule has 4 nitrogen and oxygen atoms in total. The lowest BCUT2D eigenvalue weighted by Crippen LogP contribution is -2.30. The topological polar surface area (TPSA) is 53.2 Å². The van der Waals surface area contributed by atoms with Crippen LogP contribution in [0.1, 0.15) is 15.9 Å². The number of rotatable bonds is 6.